The second-order valence-electron chi connectivity index (χ2n) is 6.44. The van der Waals surface area contributed by atoms with Gasteiger partial charge in [-0.25, -0.2) is 4.98 Å². The van der Waals surface area contributed by atoms with Gasteiger partial charge in [-0.15, -0.1) is 11.3 Å². The van der Waals surface area contributed by atoms with Gasteiger partial charge in [0.25, 0.3) is 5.56 Å². The number of aliphatic hydroxyl groups excluding tert-OH is 1. The maximum atomic E-state index is 12.8. The van der Waals surface area contributed by atoms with E-state index in [0.29, 0.717) is 26.0 Å². The van der Waals surface area contributed by atoms with Gasteiger partial charge in [0.15, 0.2) is 0 Å². The van der Waals surface area contributed by atoms with Crippen LogP contribution in [-0.2, 0) is 6.54 Å². The Morgan fingerprint density at radius 2 is 1.93 bits per heavy atom. The van der Waals surface area contributed by atoms with Crippen molar-refractivity contribution in [2.24, 2.45) is 0 Å². The molecule has 8 heteroatoms. The first-order valence-corrected chi connectivity index (χ1v) is 10.4. The summed E-state index contributed by atoms with van der Waals surface area (Å²) in [6, 6.07) is 16.5. The summed E-state index contributed by atoms with van der Waals surface area (Å²) in [7, 11) is 0. The minimum Gasteiger partial charge on any atom is -0.489 e. The summed E-state index contributed by atoms with van der Waals surface area (Å²) in [4.78, 5) is 18.8. The van der Waals surface area contributed by atoms with Crippen LogP contribution in [0.2, 0.25) is 10.0 Å². The number of halogens is 2. The first kappa shape index (κ1) is 19.9. The fraction of sp³-hybridized carbons (Fsp3) is 0.143. The summed E-state index contributed by atoms with van der Waals surface area (Å²) < 4.78 is 6.93. The molecule has 0 aliphatic rings. The van der Waals surface area contributed by atoms with Crippen LogP contribution in [0.4, 0.5) is 0 Å². The molecule has 1 N–H and O–H groups in total. The van der Waals surface area contributed by atoms with E-state index in [-0.39, 0.29) is 18.7 Å². The average molecular weight is 447 g/mol. The van der Waals surface area contributed by atoms with Gasteiger partial charge in [0.05, 0.1) is 23.3 Å². The van der Waals surface area contributed by atoms with Crippen LogP contribution in [0.5, 0.6) is 5.75 Å². The van der Waals surface area contributed by atoms with E-state index in [1.165, 1.54) is 22.2 Å². The molecule has 2 aromatic carbocycles. The van der Waals surface area contributed by atoms with Crippen LogP contribution in [0.15, 0.2) is 65.7 Å². The van der Waals surface area contributed by atoms with Crippen molar-refractivity contribution in [3.63, 3.8) is 0 Å². The average Bonchev–Trinajstić information content (AvgIpc) is 3.17. The second-order valence-corrected chi connectivity index (χ2v) is 8.31. The Morgan fingerprint density at radius 3 is 2.72 bits per heavy atom. The molecular weight excluding hydrogens is 431 g/mol. The van der Waals surface area contributed by atoms with Crippen LogP contribution in [0.3, 0.4) is 0 Å². The molecule has 4 aromatic rings. The standard InChI is InChI=1S/C21H16Cl2N2O3S/c22-14-6-7-17(23)18(8-14)28-11-15(26)10-25-12-24-20-16(21(25)27)9-19(29-20)13-4-2-1-3-5-13/h1-9,12,15,26H,10-11H2. The molecule has 0 aliphatic carbocycles. The molecule has 2 aromatic heterocycles. The molecule has 1 atom stereocenters. The zero-order valence-corrected chi connectivity index (χ0v) is 17.4. The van der Waals surface area contributed by atoms with Crippen LogP contribution in [0.1, 0.15) is 0 Å². The Balaban J connectivity index is 1.51. The van der Waals surface area contributed by atoms with Crippen molar-refractivity contribution >= 4 is 44.8 Å². The number of thiophene rings is 1. The summed E-state index contributed by atoms with van der Waals surface area (Å²) in [6.45, 7) is 0.0138. The van der Waals surface area contributed by atoms with Crippen molar-refractivity contribution in [3.8, 4) is 16.2 Å². The second kappa shape index (κ2) is 8.55. The van der Waals surface area contributed by atoms with Gasteiger partial charge < -0.3 is 9.84 Å². The largest absolute Gasteiger partial charge is 0.489 e. The quantitative estimate of drug-likeness (QED) is 0.458. The van der Waals surface area contributed by atoms with E-state index in [0.717, 1.165) is 10.4 Å². The minimum atomic E-state index is -0.922. The fourth-order valence-corrected chi connectivity index (χ4v) is 4.22. The monoisotopic (exact) mass is 446 g/mol. The van der Waals surface area contributed by atoms with Gasteiger partial charge in [0, 0.05) is 16.0 Å². The number of nitrogens with zero attached hydrogens (tertiary/aromatic N) is 2. The number of hydrogen-bond acceptors (Lipinski definition) is 5. The third-order valence-electron chi connectivity index (χ3n) is 4.31. The number of aliphatic hydroxyl groups is 1. The highest BCUT2D eigenvalue weighted by atomic mass is 35.5. The van der Waals surface area contributed by atoms with Gasteiger partial charge in [-0.2, -0.15) is 0 Å². The Labute approximate surface area is 180 Å². The van der Waals surface area contributed by atoms with Crippen molar-refractivity contribution in [3.05, 3.63) is 81.3 Å². The highest BCUT2D eigenvalue weighted by Gasteiger charge is 2.14. The maximum absolute atomic E-state index is 12.8. The normalized spacial score (nSPS) is 12.2. The minimum absolute atomic E-state index is 0.0383. The van der Waals surface area contributed by atoms with E-state index in [2.05, 4.69) is 4.98 Å². The molecule has 2 heterocycles. The Bertz CT molecular complexity index is 1210. The summed E-state index contributed by atoms with van der Waals surface area (Å²) in [6.07, 6.45) is 0.528. The van der Waals surface area contributed by atoms with E-state index in [1.807, 2.05) is 36.4 Å². The Morgan fingerprint density at radius 1 is 1.14 bits per heavy atom. The van der Waals surface area contributed by atoms with Crippen LogP contribution >= 0.6 is 34.5 Å². The molecule has 0 saturated carbocycles. The van der Waals surface area contributed by atoms with Crippen LogP contribution in [0.25, 0.3) is 20.7 Å². The number of aromatic nitrogens is 2. The molecule has 4 rings (SSSR count). The van der Waals surface area contributed by atoms with E-state index < -0.39 is 6.10 Å². The lowest BCUT2D eigenvalue weighted by atomic mass is 10.2. The molecule has 0 saturated heterocycles. The summed E-state index contributed by atoms with van der Waals surface area (Å²) in [5.74, 6) is 0.379. The molecule has 0 fully saturated rings. The van der Waals surface area contributed by atoms with Crippen LogP contribution < -0.4 is 10.3 Å². The van der Waals surface area contributed by atoms with Gasteiger partial charge in [0.2, 0.25) is 0 Å². The molecule has 148 valence electrons. The highest BCUT2D eigenvalue weighted by molar-refractivity contribution is 7.21. The lowest BCUT2D eigenvalue weighted by Crippen LogP contribution is -2.30. The van der Waals surface area contributed by atoms with Crippen LogP contribution in [0, 0.1) is 0 Å². The topological polar surface area (TPSA) is 64.4 Å². The predicted octanol–water partition coefficient (Wildman–Crippen LogP) is 4.87. The molecule has 0 bridgehead atoms. The Hall–Kier alpha value is -2.38. The molecule has 0 spiro atoms. The SMILES string of the molecule is O=c1c2cc(-c3ccccc3)sc2ncn1CC(O)COc1cc(Cl)ccc1Cl. The third-order valence-corrected chi connectivity index (χ3v) is 5.95. The molecule has 0 radical (unpaired) electrons. The molecular formula is C21H16Cl2N2O3S. The number of hydrogen-bond donors (Lipinski definition) is 1. The molecule has 0 aliphatic heterocycles. The van der Waals surface area contributed by atoms with Gasteiger partial charge in [-0.3, -0.25) is 9.36 Å². The van der Waals surface area contributed by atoms with E-state index in [9.17, 15) is 9.90 Å². The lowest BCUT2D eigenvalue weighted by molar-refractivity contribution is 0.0915. The maximum Gasteiger partial charge on any atom is 0.262 e. The summed E-state index contributed by atoms with van der Waals surface area (Å²) in [5, 5.41) is 11.7. The molecule has 29 heavy (non-hydrogen) atoms. The van der Waals surface area contributed by atoms with Crippen molar-refractivity contribution in [2.45, 2.75) is 12.6 Å². The predicted molar refractivity (Wildman–Crippen MR) is 117 cm³/mol. The summed E-state index contributed by atoms with van der Waals surface area (Å²) in [5.41, 5.74) is 0.835. The van der Waals surface area contributed by atoms with E-state index in [1.54, 1.807) is 18.2 Å². The number of ether oxygens (including phenoxy) is 1. The number of benzene rings is 2. The fourth-order valence-electron chi connectivity index (χ4n) is 2.89. The van der Waals surface area contributed by atoms with E-state index in [4.69, 9.17) is 27.9 Å². The smallest absolute Gasteiger partial charge is 0.262 e. The van der Waals surface area contributed by atoms with Gasteiger partial charge in [0.1, 0.15) is 23.3 Å². The molecule has 0 amide bonds. The highest BCUT2D eigenvalue weighted by Crippen LogP contribution is 2.30. The zero-order valence-electron chi connectivity index (χ0n) is 15.1. The van der Waals surface area contributed by atoms with E-state index >= 15 is 0 Å². The van der Waals surface area contributed by atoms with Gasteiger partial charge in [-0.1, -0.05) is 53.5 Å². The van der Waals surface area contributed by atoms with Crippen molar-refractivity contribution in [2.75, 3.05) is 6.61 Å². The zero-order chi connectivity index (χ0) is 20.4. The van der Waals surface area contributed by atoms with Gasteiger partial charge >= 0.3 is 0 Å². The third kappa shape index (κ3) is 4.46. The number of rotatable bonds is 6. The summed E-state index contributed by atoms with van der Waals surface area (Å²) >= 11 is 13.4. The van der Waals surface area contributed by atoms with Gasteiger partial charge in [-0.05, 0) is 23.8 Å². The first-order chi connectivity index (χ1) is 14.0. The molecule has 1 unspecified atom stereocenters. The number of fused-ring (bicyclic) bond motifs is 1. The molecule has 5 nitrogen and oxygen atoms in total. The van der Waals surface area contributed by atoms with Crippen molar-refractivity contribution in [1.82, 2.24) is 9.55 Å². The Kier molecular flexibility index (Phi) is 5.87. The van der Waals surface area contributed by atoms with Crippen molar-refractivity contribution in [1.29, 1.82) is 0 Å². The first-order valence-electron chi connectivity index (χ1n) is 8.81. The van der Waals surface area contributed by atoms with Crippen molar-refractivity contribution < 1.29 is 9.84 Å². The van der Waals surface area contributed by atoms with Crippen LogP contribution in [-0.4, -0.2) is 27.4 Å². The lowest BCUT2D eigenvalue weighted by Gasteiger charge is -2.14.